The molecule has 1 aliphatic rings. The van der Waals surface area contributed by atoms with E-state index in [9.17, 15) is 4.79 Å². The summed E-state index contributed by atoms with van der Waals surface area (Å²) in [5.41, 5.74) is 1.45. The summed E-state index contributed by atoms with van der Waals surface area (Å²) in [7, 11) is 0. The lowest BCUT2D eigenvalue weighted by Crippen LogP contribution is -2.40. The van der Waals surface area contributed by atoms with E-state index in [1.807, 2.05) is 29.2 Å². The minimum atomic E-state index is 0.164. The van der Waals surface area contributed by atoms with Crippen LogP contribution in [0.25, 0.3) is 16.7 Å². The molecule has 0 radical (unpaired) electrons. The van der Waals surface area contributed by atoms with Crippen LogP contribution in [0.15, 0.2) is 41.8 Å². The van der Waals surface area contributed by atoms with Crippen molar-refractivity contribution < 1.29 is 4.79 Å². The van der Waals surface area contributed by atoms with Gasteiger partial charge in [0.25, 0.3) is 0 Å². The zero-order valence-corrected chi connectivity index (χ0v) is 16.6. The second-order valence-corrected chi connectivity index (χ2v) is 8.17. The fraction of sp³-hybridized carbons (Fsp3) is 0.368. The molecule has 0 saturated carbocycles. The van der Waals surface area contributed by atoms with Crippen LogP contribution in [0.5, 0.6) is 0 Å². The Morgan fingerprint density at radius 2 is 2.19 bits per heavy atom. The normalized spacial score (nSPS) is 17.4. The molecule has 27 heavy (non-hydrogen) atoms. The average molecular weight is 402 g/mol. The molecule has 1 aliphatic heterocycles. The maximum atomic E-state index is 12.5. The number of hydrogen-bond donors (Lipinski definition) is 0. The van der Waals surface area contributed by atoms with Crippen LogP contribution in [0.3, 0.4) is 0 Å². The fourth-order valence-corrected chi connectivity index (χ4v) is 4.45. The Kier molecular flexibility index (Phi) is 5.31. The number of amides is 1. The molecule has 8 heteroatoms. The molecule has 0 unspecified atom stereocenters. The van der Waals surface area contributed by atoms with E-state index in [1.54, 1.807) is 10.9 Å². The zero-order valence-electron chi connectivity index (χ0n) is 15.0. The van der Waals surface area contributed by atoms with Crippen molar-refractivity contribution in [2.24, 2.45) is 5.92 Å². The molecule has 3 heterocycles. The molecule has 0 N–H and O–H groups in total. The summed E-state index contributed by atoms with van der Waals surface area (Å²) in [6.07, 6.45) is 5.52. The number of piperidine rings is 1. The molecule has 1 fully saturated rings. The number of carbonyl (C=O) groups excluding carboxylic acids is 1. The molecular formula is C19H20ClN5OS. The van der Waals surface area contributed by atoms with Gasteiger partial charge in [0.2, 0.25) is 5.91 Å². The van der Waals surface area contributed by atoms with Gasteiger partial charge in [-0.2, -0.15) is 5.10 Å². The van der Waals surface area contributed by atoms with E-state index in [4.69, 9.17) is 11.6 Å². The van der Waals surface area contributed by atoms with Crippen molar-refractivity contribution in [3.8, 4) is 5.69 Å². The Labute approximate surface area is 166 Å². The average Bonchev–Trinajstić information content (AvgIpc) is 3.11. The summed E-state index contributed by atoms with van der Waals surface area (Å²) in [6, 6.07) is 7.50. The van der Waals surface area contributed by atoms with Crippen LogP contribution in [0.1, 0.15) is 19.8 Å². The third-order valence-electron chi connectivity index (χ3n) is 4.75. The Morgan fingerprint density at radius 1 is 1.33 bits per heavy atom. The molecule has 0 spiro atoms. The van der Waals surface area contributed by atoms with Gasteiger partial charge in [-0.3, -0.25) is 4.79 Å². The predicted molar refractivity (Wildman–Crippen MR) is 107 cm³/mol. The van der Waals surface area contributed by atoms with Crippen molar-refractivity contribution in [1.29, 1.82) is 0 Å². The minimum Gasteiger partial charge on any atom is -0.342 e. The molecule has 1 saturated heterocycles. The first-order valence-electron chi connectivity index (χ1n) is 8.97. The number of benzene rings is 1. The number of halogens is 1. The molecular weight excluding hydrogens is 382 g/mol. The topological polar surface area (TPSA) is 63.9 Å². The minimum absolute atomic E-state index is 0.164. The number of para-hydroxylation sites is 1. The second-order valence-electron chi connectivity index (χ2n) is 6.80. The van der Waals surface area contributed by atoms with E-state index in [-0.39, 0.29) is 5.91 Å². The van der Waals surface area contributed by atoms with E-state index < -0.39 is 0 Å². The van der Waals surface area contributed by atoms with Crippen molar-refractivity contribution in [3.05, 3.63) is 41.8 Å². The van der Waals surface area contributed by atoms with Gasteiger partial charge in [-0.25, -0.2) is 14.6 Å². The van der Waals surface area contributed by atoms with Crippen molar-refractivity contribution in [2.75, 3.05) is 18.8 Å². The SMILES string of the molecule is C[C@@H]1CCCN(C(=O)CSc2ncnc3c2cnn3-c2ccccc2Cl)C1. The van der Waals surface area contributed by atoms with Crippen LogP contribution in [-0.4, -0.2) is 49.4 Å². The van der Waals surface area contributed by atoms with Crippen LogP contribution < -0.4 is 0 Å². The first-order valence-corrected chi connectivity index (χ1v) is 10.3. The van der Waals surface area contributed by atoms with Crippen molar-refractivity contribution in [1.82, 2.24) is 24.6 Å². The summed E-state index contributed by atoms with van der Waals surface area (Å²) < 4.78 is 1.71. The van der Waals surface area contributed by atoms with Crippen molar-refractivity contribution in [3.63, 3.8) is 0 Å². The lowest BCUT2D eigenvalue weighted by molar-refractivity contribution is -0.130. The van der Waals surface area contributed by atoms with E-state index in [2.05, 4.69) is 22.0 Å². The number of rotatable bonds is 4. The van der Waals surface area contributed by atoms with Crippen molar-refractivity contribution >= 4 is 40.3 Å². The summed E-state index contributed by atoms with van der Waals surface area (Å²) in [4.78, 5) is 23.2. The van der Waals surface area contributed by atoms with Gasteiger partial charge < -0.3 is 4.90 Å². The Balaban J connectivity index is 1.55. The molecule has 1 atom stereocenters. The lowest BCUT2D eigenvalue weighted by atomic mass is 10.0. The summed E-state index contributed by atoms with van der Waals surface area (Å²) in [5.74, 6) is 1.11. The van der Waals surface area contributed by atoms with E-state index in [0.29, 0.717) is 22.3 Å². The van der Waals surface area contributed by atoms with E-state index >= 15 is 0 Å². The Morgan fingerprint density at radius 3 is 3.00 bits per heavy atom. The Hall–Kier alpha value is -2.12. The van der Waals surface area contributed by atoms with E-state index in [0.717, 1.165) is 35.6 Å². The van der Waals surface area contributed by atoms with Gasteiger partial charge in [0.1, 0.15) is 11.4 Å². The van der Waals surface area contributed by atoms with Gasteiger partial charge in [-0.15, -0.1) is 0 Å². The highest BCUT2D eigenvalue weighted by molar-refractivity contribution is 8.00. The van der Waals surface area contributed by atoms with Gasteiger partial charge in [-0.1, -0.05) is 42.4 Å². The van der Waals surface area contributed by atoms with Gasteiger partial charge in [0.05, 0.1) is 28.0 Å². The maximum Gasteiger partial charge on any atom is 0.232 e. The highest BCUT2D eigenvalue weighted by Gasteiger charge is 2.21. The molecule has 1 aromatic carbocycles. The molecule has 1 amide bonds. The smallest absolute Gasteiger partial charge is 0.232 e. The van der Waals surface area contributed by atoms with Crippen LogP contribution in [0.4, 0.5) is 0 Å². The largest absolute Gasteiger partial charge is 0.342 e. The predicted octanol–water partition coefficient (Wildman–Crippen LogP) is 3.82. The number of fused-ring (bicyclic) bond motifs is 1. The fourth-order valence-electron chi connectivity index (χ4n) is 3.37. The Bertz CT molecular complexity index is 976. The molecule has 6 nitrogen and oxygen atoms in total. The first-order chi connectivity index (χ1) is 13.1. The monoisotopic (exact) mass is 401 g/mol. The third kappa shape index (κ3) is 3.80. The molecule has 3 aromatic rings. The number of aromatic nitrogens is 4. The van der Waals surface area contributed by atoms with Gasteiger partial charge >= 0.3 is 0 Å². The van der Waals surface area contributed by atoms with Crippen LogP contribution in [-0.2, 0) is 4.79 Å². The van der Waals surface area contributed by atoms with Crippen LogP contribution in [0.2, 0.25) is 5.02 Å². The molecule has 0 aliphatic carbocycles. The summed E-state index contributed by atoms with van der Waals surface area (Å²) >= 11 is 7.73. The quantitative estimate of drug-likeness (QED) is 0.491. The van der Waals surface area contributed by atoms with Gasteiger partial charge in [-0.05, 0) is 30.9 Å². The molecule has 0 bridgehead atoms. The number of carbonyl (C=O) groups is 1. The summed E-state index contributed by atoms with van der Waals surface area (Å²) in [5, 5.41) is 6.62. The van der Waals surface area contributed by atoms with E-state index in [1.165, 1.54) is 24.5 Å². The maximum absolute atomic E-state index is 12.5. The molecule has 2 aromatic heterocycles. The standard InChI is InChI=1S/C19H20ClN5OS/c1-13-5-4-8-24(10-13)17(26)11-27-19-14-9-23-25(18(14)21-12-22-19)16-7-3-2-6-15(16)20/h2-3,6-7,9,12-13H,4-5,8,10-11H2,1H3/t13-/m1/s1. The number of likely N-dealkylation sites (tertiary alicyclic amines) is 1. The molecule has 4 rings (SSSR count). The lowest BCUT2D eigenvalue weighted by Gasteiger charge is -2.30. The number of hydrogen-bond acceptors (Lipinski definition) is 5. The highest BCUT2D eigenvalue weighted by Crippen LogP contribution is 2.28. The number of nitrogens with zero attached hydrogens (tertiary/aromatic N) is 5. The second kappa shape index (κ2) is 7.86. The van der Waals surface area contributed by atoms with Crippen molar-refractivity contribution in [2.45, 2.75) is 24.8 Å². The first kappa shape index (κ1) is 18.3. The highest BCUT2D eigenvalue weighted by atomic mass is 35.5. The molecule has 140 valence electrons. The zero-order chi connectivity index (χ0) is 18.8. The van der Waals surface area contributed by atoms with Crippen LogP contribution >= 0.6 is 23.4 Å². The van der Waals surface area contributed by atoms with Gasteiger partial charge in [0, 0.05) is 13.1 Å². The third-order valence-corrected chi connectivity index (χ3v) is 6.06. The summed E-state index contributed by atoms with van der Waals surface area (Å²) in [6.45, 7) is 3.90. The van der Waals surface area contributed by atoms with Gasteiger partial charge in [0.15, 0.2) is 5.65 Å². The van der Waals surface area contributed by atoms with Crippen LogP contribution in [0, 0.1) is 5.92 Å². The number of thioether (sulfide) groups is 1.